The Labute approximate surface area is 95.8 Å². The Balaban J connectivity index is 2.61. The van der Waals surface area contributed by atoms with E-state index >= 15 is 0 Å². The van der Waals surface area contributed by atoms with Crippen molar-refractivity contribution in [1.29, 1.82) is 0 Å². The number of hydrogen-bond acceptors (Lipinski definition) is 3. The van der Waals surface area contributed by atoms with E-state index in [-0.39, 0.29) is 18.5 Å². The van der Waals surface area contributed by atoms with Gasteiger partial charge in [0.2, 0.25) is 5.91 Å². The van der Waals surface area contributed by atoms with Crippen LogP contribution in [0.3, 0.4) is 0 Å². The molecule has 1 unspecified atom stereocenters. The zero-order chi connectivity index (χ0) is 12.0. The first-order valence-electron chi connectivity index (χ1n) is 5.28. The van der Waals surface area contributed by atoms with Gasteiger partial charge in [-0.2, -0.15) is 0 Å². The van der Waals surface area contributed by atoms with Crippen LogP contribution >= 0.6 is 0 Å². The molecule has 1 amide bonds. The lowest BCUT2D eigenvalue weighted by atomic mass is 10.1. The molecule has 88 valence electrons. The highest BCUT2D eigenvalue weighted by Gasteiger charge is 2.09. The lowest BCUT2D eigenvalue weighted by Crippen LogP contribution is -2.38. The molecule has 0 aromatic heterocycles. The standard InChI is InChI=1S/C12H18N2O2/c1-9(14-12(15)8-13)7-10-5-3-4-6-11(10)16-2/h3-6,9H,7-8,13H2,1-2H3,(H,14,15). The number of ether oxygens (including phenoxy) is 1. The number of amides is 1. The van der Waals surface area contributed by atoms with Crippen LogP contribution in [-0.2, 0) is 11.2 Å². The average Bonchev–Trinajstić information content (AvgIpc) is 2.29. The molecule has 4 heteroatoms. The molecule has 0 fully saturated rings. The number of rotatable bonds is 5. The van der Waals surface area contributed by atoms with Gasteiger partial charge in [-0.3, -0.25) is 4.79 Å². The van der Waals surface area contributed by atoms with Crippen LogP contribution in [0.4, 0.5) is 0 Å². The predicted molar refractivity (Wildman–Crippen MR) is 63.4 cm³/mol. The van der Waals surface area contributed by atoms with Crippen LogP contribution in [-0.4, -0.2) is 25.6 Å². The molecule has 0 heterocycles. The summed E-state index contributed by atoms with van der Waals surface area (Å²) < 4.78 is 5.24. The quantitative estimate of drug-likeness (QED) is 0.771. The fourth-order valence-corrected chi connectivity index (χ4v) is 1.59. The van der Waals surface area contributed by atoms with E-state index in [4.69, 9.17) is 10.5 Å². The SMILES string of the molecule is COc1ccccc1CC(C)NC(=O)CN. The smallest absolute Gasteiger partial charge is 0.233 e. The highest BCUT2D eigenvalue weighted by molar-refractivity contribution is 5.78. The second kappa shape index (κ2) is 6.12. The second-order valence-electron chi connectivity index (χ2n) is 3.69. The van der Waals surface area contributed by atoms with Crippen molar-refractivity contribution in [3.8, 4) is 5.75 Å². The highest BCUT2D eigenvalue weighted by atomic mass is 16.5. The molecule has 0 radical (unpaired) electrons. The van der Waals surface area contributed by atoms with E-state index < -0.39 is 0 Å². The Bertz CT molecular complexity index is 353. The van der Waals surface area contributed by atoms with Gasteiger partial charge in [-0.1, -0.05) is 18.2 Å². The van der Waals surface area contributed by atoms with Crippen molar-refractivity contribution in [2.24, 2.45) is 5.73 Å². The van der Waals surface area contributed by atoms with Gasteiger partial charge in [-0.25, -0.2) is 0 Å². The van der Waals surface area contributed by atoms with Crippen molar-refractivity contribution in [1.82, 2.24) is 5.32 Å². The van der Waals surface area contributed by atoms with E-state index in [1.165, 1.54) is 0 Å². The molecule has 16 heavy (non-hydrogen) atoms. The lowest BCUT2D eigenvalue weighted by molar-refractivity contribution is -0.120. The van der Waals surface area contributed by atoms with Gasteiger partial charge >= 0.3 is 0 Å². The van der Waals surface area contributed by atoms with Crippen molar-refractivity contribution < 1.29 is 9.53 Å². The van der Waals surface area contributed by atoms with Gasteiger partial charge in [0.15, 0.2) is 0 Å². The first kappa shape index (κ1) is 12.5. The minimum absolute atomic E-state index is 0.0241. The van der Waals surface area contributed by atoms with E-state index in [1.807, 2.05) is 31.2 Å². The normalized spacial score (nSPS) is 11.9. The van der Waals surface area contributed by atoms with Gasteiger partial charge in [-0.05, 0) is 25.0 Å². The first-order chi connectivity index (χ1) is 7.67. The number of carbonyl (C=O) groups excluding carboxylic acids is 1. The Morgan fingerprint density at radius 2 is 2.19 bits per heavy atom. The topological polar surface area (TPSA) is 64.3 Å². The van der Waals surface area contributed by atoms with Crippen LogP contribution in [0.1, 0.15) is 12.5 Å². The van der Waals surface area contributed by atoms with Crippen LogP contribution in [0.25, 0.3) is 0 Å². The zero-order valence-electron chi connectivity index (χ0n) is 9.69. The fraction of sp³-hybridized carbons (Fsp3) is 0.417. The Morgan fingerprint density at radius 1 is 1.50 bits per heavy atom. The van der Waals surface area contributed by atoms with Gasteiger partial charge < -0.3 is 15.8 Å². The van der Waals surface area contributed by atoms with Gasteiger partial charge in [0.05, 0.1) is 13.7 Å². The van der Waals surface area contributed by atoms with E-state index in [1.54, 1.807) is 7.11 Å². The van der Waals surface area contributed by atoms with Crippen LogP contribution in [0.5, 0.6) is 5.75 Å². The third kappa shape index (κ3) is 3.55. The van der Waals surface area contributed by atoms with Crippen molar-refractivity contribution in [3.63, 3.8) is 0 Å². The second-order valence-corrected chi connectivity index (χ2v) is 3.69. The molecule has 1 atom stereocenters. The summed E-state index contributed by atoms with van der Waals surface area (Å²) in [5.41, 5.74) is 6.31. The molecule has 0 spiro atoms. The van der Waals surface area contributed by atoms with Crippen LogP contribution < -0.4 is 15.8 Å². The first-order valence-corrected chi connectivity index (χ1v) is 5.28. The summed E-state index contributed by atoms with van der Waals surface area (Å²) in [7, 11) is 1.64. The number of methoxy groups -OCH3 is 1. The Hall–Kier alpha value is -1.55. The fourth-order valence-electron chi connectivity index (χ4n) is 1.59. The Morgan fingerprint density at radius 3 is 2.81 bits per heavy atom. The minimum atomic E-state index is -0.137. The van der Waals surface area contributed by atoms with Gasteiger partial charge in [-0.15, -0.1) is 0 Å². The molecular weight excluding hydrogens is 204 g/mol. The summed E-state index contributed by atoms with van der Waals surface area (Å²) in [6, 6.07) is 7.82. The zero-order valence-corrected chi connectivity index (χ0v) is 9.69. The number of benzene rings is 1. The molecule has 1 aromatic rings. The van der Waals surface area contributed by atoms with Crippen LogP contribution in [0.2, 0.25) is 0 Å². The maximum absolute atomic E-state index is 11.1. The lowest BCUT2D eigenvalue weighted by Gasteiger charge is -2.15. The van der Waals surface area contributed by atoms with E-state index in [9.17, 15) is 4.79 Å². The summed E-state index contributed by atoms with van der Waals surface area (Å²) in [5, 5.41) is 2.81. The third-order valence-electron chi connectivity index (χ3n) is 2.31. The average molecular weight is 222 g/mol. The number of nitrogens with one attached hydrogen (secondary N) is 1. The van der Waals surface area contributed by atoms with Gasteiger partial charge in [0, 0.05) is 6.04 Å². The van der Waals surface area contributed by atoms with Gasteiger partial charge in [0.25, 0.3) is 0 Å². The van der Waals surface area contributed by atoms with Crippen LogP contribution in [0.15, 0.2) is 24.3 Å². The predicted octanol–water partition coefficient (Wildman–Crippen LogP) is 0.701. The van der Waals surface area contributed by atoms with Crippen LogP contribution in [0, 0.1) is 0 Å². The molecule has 1 rings (SSSR count). The van der Waals surface area contributed by atoms with Crippen molar-refractivity contribution in [2.45, 2.75) is 19.4 Å². The monoisotopic (exact) mass is 222 g/mol. The van der Waals surface area contributed by atoms with Gasteiger partial charge in [0.1, 0.15) is 5.75 Å². The summed E-state index contributed by atoms with van der Waals surface area (Å²) >= 11 is 0. The van der Waals surface area contributed by atoms with E-state index in [2.05, 4.69) is 5.32 Å². The maximum atomic E-state index is 11.1. The molecule has 1 aromatic carbocycles. The molecule has 0 saturated heterocycles. The number of nitrogens with two attached hydrogens (primary N) is 1. The summed E-state index contributed by atoms with van der Waals surface area (Å²) in [5.74, 6) is 0.707. The van der Waals surface area contributed by atoms with Crippen molar-refractivity contribution in [3.05, 3.63) is 29.8 Å². The molecular formula is C12H18N2O2. The molecule has 0 aliphatic heterocycles. The van der Waals surface area contributed by atoms with E-state index in [0.29, 0.717) is 0 Å². The summed E-state index contributed by atoms with van der Waals surface area (Å²) in [6.45, 7) is 1.97. The van der Waals surface area contributed by atoms with E-state index in [0.717, 1.165) is 17.7 Å². The van der Waals surface area contributed by atoms with Crippen molar-refractivity contribution in [2.75, 3.05) is 13.7 Å². The minimum Gasteiger partial charge on any atom is -0.496 e. The third-order valence-corrected chi connectivity index (χ3v) is 2.31. The maximum Gasteiger partial charge on any atom is 0.233 e. The number of hydrogen-bond donors (Lipinski definition) is 2. The number of carbonyl (C=O) groups is 1. The number of para-hydroxylation sites is 1. The molecule has 4 nitrogen and oxygen atoms in total. The summed E-state index contributed by atoms with van der Waals surface area (Å²) in [6.07, 6.45) is 0.732. The molecule has 3 N–H and O–H groups in total. The summed E-state index contributed by atoms with van der Waals surface area (Å²) in [4.78, 5) is 11.1. The molecule has 0 aliphatic rings. The molecule has 0 bridgehead atoms. The van der Waals surface area contributed by atoms with Crippen molar-refractivity contribution >= 4 is 5.91 Å². The Kier molecular flexibility index (Phi) is 4.79. The largest absolute Gasteiger partial charge is 0.496 e. The molecule has 0 aliphatic carbocycles. The molecule has 0 saturated carbocycles. The highest BCUT2D eigenvalue weighted by Crippen LogP contribution is 2.18.